The summed E-state index contributed by atoms with van der Waals surface area (Å²) in [5.41, 5.74) is 2.39. The van der Waals surface area contributed by atoms with Crippen molar-refractivity contribution in [3.8, 4) is 0 Å². The molecule has 0 radical (unpaired) electrons. The summed E-state index contributed by atoms with van der Waals surface area (Å²) in [5, 5.41) is 0.977. The van der Waals surface area contributed by atoms with Gasteiger partial charge in [-0.25, -0.2) is 4.79 Å². The van der Waals surface area contributed by atoms with Gasteiger partial charge in [-0.3, -0.25) is 0 Å². The molecule has 1 aromatic heterocycles. The van der Waals surface area contributed by atoms with E-state index in [1.807, 2.05) is 48.5 Å². The predicted molar refractivity (Wildman–Crippen MR) is 76.3 cm³/mol. The molecule has 0 unspecified atom stereocenters. The van der Waals surface area contributed by atoms with E-state index in [4.69, 9.17) is 4.42 Å². The first-order valence-corrected chi connectivity index (χ1v) is 6.38. The zero-order valence-electron chi connectivity index (χ0n) is 10.5. The lowest BCUT2D eigenvalue weighted by atomic mass is 10.0. The van der Waals surface area contributed by atoms with Gasteiger partial charge in [0, 0.05) is 10.9 Å². The third kappa shape index (κ3) is 2.58. The molecule has 0 atom stereocenters. The molecule has 3 rings (SSSR count). The van der Waals surface area contributed by atoms with Gasteiger partial charge < -0.3 is 4.42 Å². The molecule has 94 valence electrons. The first kappa shape index (κ1) is 11.7. The maximum atomic E-state index is 11.9. The van der Waals surface area contributed by atoms with E-state index in [0.29, 0.717) is 12.0 Å². The molecular formula is C17H14O2. The standard InChI is InChI=1S/C17H14O2/c18-17-15(11-10-13-6-2-1-3-7-13)12-14-8-4-5-9-16(14)19-17/h1-9,12H,10-11H2. The second-order valence-corrected chi connectivity index (χ2v) is 4.58. The van der Waals surface area contributed by atoms with Crippen LogP contribution >= 0.6 is 0 Å². The highest BCUT2D eigenvalue weighted by atomic mass is 16.4. The Morgan fingerprint density at radius 1 is 0.842 bits per heavy atom. The Balaban J connectivity index is 1.89. The van der Waals surface area contributed by atoms with Crippen molar-refractivity contribution in [1.82, 2.24) is 0 Å². The SMILES string of the molecule is O=c1oc2ccccc2cc1CCc1ccccc1. The van der Waals surface area contributed by atoms with Crippen molar-refractivity contribution in [1.29, 1.82) is 0 Å². The molecule has 0 spiro atoms. The van der Waals surface area contributed by atoms with E-state index >= 15 is 0 Å². The number of hydrogen-bond donors (Lipinski definition) is 0. The lowest BCUT2D eigenvalue weighted by molar-refractivity contribution is 0.549. The first-order chi connectivity index (χ1) is 9.33. The summed E-state index contributed by atoms with van der Waals surface area (Å²) < 4.78 is 5.33. The molecule has 0 aliphatic rings. The number of rotatable bonds is 3. The topological polar surface area (TPSA) is 30.2 Å². The quantitative estimate of drug-likeness (QED) is 0.665. The summed E-state index contributed by atoms with van der Waals surface area (Å²) in [5.74, 6) is 0. The van der Waals surface area contributed by atoms with Crippen molar-refractivity contribution in [2.45, 2.75) is 12.8 Å². The summed E-state index contributed by atoms with van der Waals surface area (Å²) in [6, 6.07) is 19.7. The molecule has 0 amide bonds. The third-order valence-electron chi connectivity index (χ3n) is 3.24. The van der Waals surface area contributed by atoms with Crippen molar-refractivity contribution < 1.29 is 4.42 Å². The van der Waals surface area contributed by atoms with E-state index in [2.05, 4.69) is 12.1 Å². The molecule has 1 heterocycles. The largest absolute Gasteiger partial charge is 0.423 e. The second kappa shape index (κ2) is 5.11. The van der Waals surface area contributed by atoms with E-state index in [1.165, 1.54) is 5.56 Å². The second-order valence-electron chi connectivity index (χ2n) is 4.58. The number of aryl methyl sites for hydroxylation is 2. The van der Waals surface area contributed by atoms with Crippen LogP contribution in [0.5, 0.6) is 0 Å². The van der Waals surface area contributed by atoms with Crippen LogP contribution in [0.1, 0.15) is 11.1 Å². The molecule has 0 aliphatic heterocycles. The number of para-hydroxylation sites is 1. The number of benzene rings is 2. The van der Waals surface area contributed by atoms with E-state index in [1.54, 1.807) is 0 Å². The van der Waals surface area contributed by atoms with Crippen molar-refractivity contribution in [2.75, 3.05) is 0 Å². The van der Waals surface area contributed by atoms with Crippen molar-refractivity contribution in [2.24, 2.45) is 0 Å². The van der Waals surface area contributed by atoms with E-state index in [9.17, 15) is 4.79 Å². The lowest BCUT2D eigenvalue weighted by Crippen LogP contribution is -2.08. The molecular weight excluding hydrogens is 236 g/mol. The molecule has 0 aliphatic carbocycles. The maximum absolute atomic E-state index is 11.9. The van der Waals surface area contributed by atoms with Crippen LogP contribution in [0.4, 0.5) is 0 Å². The van der Waals surface area contributed by atoms with Gasteiger partial charge in [0.05, 0.1) is 0 Å². The number of hydrogen-bond acceptors (Lipinski definition) is 2. The maximum Gasteiger partial charge on any atom is 0.339 e. The fourth-order valence-corrected chi connectivity index (χ4v) is 2.20. The van der Waals surface area contributed by atoms with Gasteiger partial charge in [0.2, 0.25) is 0 Å². The summed E-state index contributed by atoms with van der Waals surface area (Å²) in [6.45, 7) is 0. The van der Waals surface area contributed by atoms with Crippen molar-refractivity contribution in [3.63, 3.8) is 0 Å². The van der Waals surface area contributed by atoms with Gasteiger partial charge >= 0.3 is 5.63 Å². The van der Waals surface area contributed by atoms with Crippen LogP contribution in [0.25, 0.3) is 11.0 Å². The minimum atomic E-state index is -0.227. The molecule has 19 heavy (non-hydrogen) atoms. The van der Waals surface area contributed by atoms with Crippen LogP contribution in [0.3, 0.4) is 0 Å². The van der Waals surface area contributed by atoms with Crippen LogP contribution in [-0.2, 0) is 12.8 Å². The van der Waals surface area contributed by atoms with Crippen LogP contribution in [0.15, 0.2) is 69.9 Å². The highest BCUT2D eigenvalue weighted by molar-refractivity contribution is 5.76. The normalized spacial score (nSPS) is 10.7. The Morgan fingerprint density at radius 3 is 2.42 bits per heavy atom. The zero-order valence-corrected chi connectivity index (χ0v) is 10.5. The van der Waals surface area contributed by atoms with Crippen molar-refractivity contribution >= 4 is 11.0 Å². The van der Waals surface area contributed by atoms with Gasteiger partial charge in [-0.2, -0.15) is 0 Å². The molecule has 0 saturated carbocycles. The lowest BCUT2D eigenvalue weighted by Gasteiger charge is -2.02. The highest BCUT2D eigenvalue weighted by Gasteiger charge is 2.05. The van der Waals surface area contributed by atoms with Crippen LogP contribution in [0, 0.1) is 0 Å². The van der Waals surface area contributed by atoms with Gasteiger partial charge in [-0.05, 0) is 30.5 Å². The van der Waals surface area contributed by atoms with E-state index in [0.717, 1.165) is 17.4 Å². The molecule has 0 saturated heterocycles. The average molecular weight is 250 g/mol. The minimum absolute atomic E-state index is 0.227. The van der Waals surface area contributed by atoms with E-state index < -0.39 is 0 Å². The van der Waals surface area contributed by atoms with Crippen LogP contribution in [0.2, 0.25) is 0 Å². The highest BCUT2D eigenvalue weighted by Crippen LogP contribution is 2.13. The van der Waals surface area contributed by atoms with Gasteiger partial charge in [-0.15, -0.1) is 0 Å². The zero-order chi connectivity index (χ0) is 13.1. The fourth-order valence-electron chi connectivity index (χ4n) is 2.20. The Kier molecular flexibility index (Phi) is 3.15. The smallest absolute Gasteiger partial charge is 0.339 e. The van der Waals surface area contributed by atoms with Gasteiger partial charge in [0.1, 0.15) is 5.58 Å². The molecule has 0 fully saturated rings. The minimum Gasteiger partial charge on any atom is -0.423 e. The fraction of sp³-hybridized carbons (Fsp3) is 0.118. The Bertz CT molecular complexity index is 742. The summed E-state index contributed by atoms with van der Waals surface area (Å²) in [6.07, 6.45) is 1.56. The summed E-state index contributed by atoms with van der Waals surface area (Å²) in [7, 11) is 0. The monoisotopic (exact) mass is 250 g/mol. The summed E-state index contributed by atoms with van der Waals surface area (Å²) >= 11 is 0. The van der Waals surface area contributed by atoms with Crippen molar-refractivity contribution in [3.05, 3.63) is 82.2 Å². The van der Waals surface area contributed by atoms with Gasteiger partial charge in [0.15, 0.2) is 0 Å². The average Bonchev–Trinajstić information content (AvgIpc) is 2.46. The van der Waals surface area contributed by atoms with Gasteiger partial charge in [0.25, 0.3) is 0 Å². The first-order valence-electron chi connectivity index (χ1n) is 6.38. The molecule has 3 aromatic rings. The Hall–Kier alpha value is -2.35. The number of fused-ring (bicyclic) bond motifs is 1. The Morgan fingerprint density at radius 2 is 1.58 bits per heavy atom. The summed E-state index contributed by atoms with van der Waals surface area (Å²) in [4.78, 5) is 11.9. The van der Waals surface area contributed by atoms with Gasteiger partial charge in [-0.1, -0.05) is 48.5 Å². The Labute approximate surface area is 111 Å². The molecule has 2 aromatic carbocycles. The molecule has 0 N–H and O–H groups in total. The predicted octanol–water partition coefficient (Wildman–Crippen LogP) is 3.58. The third-order valence-corrected chi connectivity index (χ3v) is 3.24. The van der Waals surface area contributed by atoms with E-state index in [-0.39, 0.29) is 5.63 Å². The van der Waals surface area contributed by atoms with Crippen LogP contribution < -0.4 is 5.63 Å². The molecule has 2 nitrogen and oxygen atoms in total. The van der Waals surface area contributed by atoms with Crippen LogP contribution in [-0.4, -0.2) is 0 Å². The molecule has 0 bridgehead atoms. The molecule has 2 heteroatoms.